The second kappa shape index (κ2) is 5.12. The highest BCUT2D eigenvalue weighted by Crippen LogP contribution is 2.39. The summed E-state index contributed by atoms with van der Waals surface area (Å²) in [6.45, 7) is 0. The van der Waals surface area contributed by atoms with Gasteiger partial charge in [0.1, 0.15) is 16.5 Å². The van der Waals surface area contributed by atoms with E-state index in [-0.39, 0.29) is 10.7 Å². The van der Waals surface area contributed by atoms with E-state index in [4.69, 9.17) is 0 Å². The molecule has 0 fully saturated rings. The second-order valence-electron chi connectivity index (χ2n) is 5.38. The Morgan fingerprint density at radius 2 is 1.75 bits per heavy atom. The van der Waals surface area contributed by atoms with Crippen molar-refractivity contribution in [3.63, 3.8) is 0 Å². The van der Waals surface area contributed by atoms with Crippen molar-refractivity contribution in [1.29, 1.82) is 0 Å². The first-order chi connectivity index (χ1) is 11.4. The summed E-state index contributed by atoms with van der Waals surface area (Å²) < 4.78 is 45.6. The van der Waals surface area contributed by atoms with Crippen LogP contribution in [0, 0.1) is 5.82 Å². The molecule has 120 valence electrons. The summed E-state index contributed by atoms with van der Waals surface area (Å²) in [6.07, 6.45) is 0. The zero-order valence-electron chi connectivity index (χ0n) is 12.2. The highest BCUT2D eigenvalue weighted by atomic mass is 32.2. The van der Waals surface area contributed by atoms with E-state index in [2.05, 4.69) is 10.3 Å². The third-order valence-electron chi connectivity index (χ3n) is 3.86. The minimum atomic E-state index is -4.34. The van der Waals surface area contributed by atoms with Crippen LogP contribution in [0.4, 0.5) is 15.8 Å². The van der Waals surface area contributed by atoms with Crippen LogP contribution in [0.3, 0.4) is 0 Å². The SMILES string of the molecule is O=S(=O)(O)c1ccc2c3c(cccc13)NC(c1ccc(F)cc1)=N2. The lowest BCUT2D eigenvalue weighted by Crippen LogP contribution is -2.16. The summed E-state index contributed by atoms with van der Waals surface area (Å²) in [5.41, 5.74) is 1.95. The van der Waals surface area contributed by atoms with Gasteiger partial charge in [-0.1, -0.05) is 12.1 Å². The van der Waals surface area contributed by atoms with Crippen molar-refractivity contribution in [3.05, 3.63) is 66.0 Å². The number of hydrogen-bond acceptors (Lipinski definition) is 4. The van der Waals surface area contributed by atoms with E-state index in [0.29, 0.717) is 33.5 Å². The van der Waals surface area contributed by atoms with Gasteiger partial charge in [0.25, 0.3) is 10.1 Å². The summed E-state index contributed by atoms with van der Waals surface area (Å²) in [7, 11) is -4.34. The van der Waals surface area contributed by atoms with Crippen molar-refractivity contribution in [2.45, 2.75) is 4.90 Å². The molecule has 0 saturated carbocycles. The van der Waals surface area contributed by atoms with E-state index in [9.17, 15) is 17.4 Å². The van der Waals surface area contributed by atoms with Gasteiger partial charge in [-0.2, -0.15) is 8.42 Å². The molecule has 24 heavy (non-hydrogen) atoms. The van der Waals surface area contributed by atoms with E-state index in [1.54, 1.807) is 36.4 Å². The molecule has 7 heteroatoms. The van der Waals surface area contributed by atoms with Gasteiger partial charge in [0.15, 0.2) is 0 Å². The molecule has 0 spiro atoms. The number of hydrogen-bond donors (Lipinski definition) is 2. The maximum absolute atomic E-state index is 13.1. The molecule has 0 amide bonds. The Morgan fingerprint density at radius 3 is 2.46 bits per heavy atom. The van der Waals surface area contributed by atoms with Gasteiger partial charge >= 0.3 is 0 Å². The number of aliphatic imine (C=N–C) groups is 1. The van der Waals surface area contributed by atoms with Crippen molar-refractivity contribution in [2.75, 3.05) is 5.32 Å². The first-order valence-electron chi connectivity index (χ1n) is 7.08. The van der Waals surface area contributed by atoms with Crippen LogP contribution >= 0.6 is 0 Å². The number of rotatable bonds is 2. The number of nitrogens with one attached hydrogen (secondary N) is 1. The summed E-state index contributed by atoms with van der Waals surface area (Å²) in [5.74, 6) is 0.199. The largest absolute Gasteiger partial charge is 0.339 e. The minimum Gasteiger partial charge on any atom is -0.339 e. The molecule has 0 radical (unpaired) electrons. The molecule has 1 aliphatic rings. The Morgan fingerprint density at radius 1 is 1.00 bits per heavy atom. The van der Waals surface area contributed by atoms with Crippen molar-refractivity contribution >= 4 is 38.1 Å². The third-order valence-corrected chi connectivity index (χ3v) is 4.77. The van der Waals surface area contributed by atoms with Crippen LogP contribution in [0.25, 0.3) is 10.8 Å². The molecule has 5 nitrogen and oxygen atoms in total. The second-order valence-corrected chi connectivity index (χ2v) is 6.77. The van der Waals surface area contributed by atoms with E-state index in [1.165, 1.54) is 18.2 Å². The summed E-state index contributed by atoms with van der Waals surface area (Å²) >= 11 is 0. The predicted molar refractivity (Wildman–Crippen MR) is 90.0 cm³/mol. The van der Waals surface area contributed by atoms with Gasteiger partial charge in [0.05, 0.1) is 5.69 Å². The van der Waals surface area contributed by atoms with E-state index in [1.807, 2.05) is 0 Å². The number of benzene rings is 3. The Labute approximate surface area is 137 Å². The Balaban J connectivity index is 1.96. The average Bonchev–Trinajstić information content (AvgIpc) is 2.54. The van der Waals surface area contributed by atoms with Crippen molar-refractivity contribution in [3.8, 4) is 0 Å². The minimum absolute atomic E-state index is 0.162. The van der Waals surface area contributed by atoms with Crippen molar-refractivity contribution < 1.29 is 17.4 Å². The molecule has 0 bridgehead atoms. The first kappa shape index (κ1) is 14.8. The third kappa shape index (κ3) is 2.34. The fourth-order valence-corrected chi connectivity index (χ4v) is 3.49. The van der Waals surface area contributed by atoms with E-state index < -0.39 is 10.1 Å². The molecule has 0 aromatic heterocycles. The van der Waals surface area contributed by atoms with E-state index in [0.717, 1.165) is 0 Å². The van der Waals surface area contributed by atoms with Crippen LogP contribution < -0.4 is 5.32 Å². The Hall–Kier alpha value is -2.77. The van der Waals surface area contributed by atoms with Gasteiger partial charge < -0.3 is 5.32 Å². The molecule has 4 rings (SSSR count). The standard InChI is InChI=1S/C17H11FN2O3S/c18-11-6-4-10(5-7-11)17-19-13-3-1-2-12-15(24(21,22)23)9-8-14(20-17)16(12)13/h1-9H,(H,19,20)(H,21,22,23). The van der Waals surface area contributed by atoms with Crippen LogP contribution in [0.2, 0.25) is 0 Å². The lowest BCUT2D eigenvalue weighted by Gasteiger charge is -2.20. The highest BCUT2D eigenvalue weighted by molar-refractivity contribution is 7.86. The van der Waals surface area contributed by atoms with Crippen LogP contribution in [0.15, 0.2) is 64.5 Å². The molecule has 0 unspecified atom stereocenters. The normalized spacial score (nSPS) is 13.5. The molecule has 2 N–H and O–H groups in total. The van der Waals surface area contributed by atoms with Crippen LogP contribution in [0.5, 0.6) is 0 Å². The predicted octanol–water partition coefficient (Wildman–Crippen LogP) is 3.73. The molecule has 1 aliphatic heterocycles. The number of anilines is 1. The Kier molecular flexibility index (Phi) is 3.16. The van der Waals surface area contributed by atoms with E-state index >= 15 is 0 Å². The molecular weight excluding hydrogens is 331 g/mol. The maximum atomic E-state index is 13.1. The van der Waals surface area contributed by atoms with Gasteiger partial charge in [-0.05, 0) is 42.5 Å². The summed E-state index contributed by atoms with van der Waals surface area (Å²) in [5, 5.41) is 4.13. The Bertz CT molecular complexity index is 1110. The average molecular weight is 342 g/mol. The summed E-state index contributed by atoms with van der Waals surface area (Å²) in [6, 6.07) is 13.9. The molecule has 3 aromatic rings. The van der Waals surface area contributed by atoms with Crippen LogP contribution in [-0.2, 0) is 10.1 Å². The van der Waals surface area contributed by atoms with Crippen molar-refractivity contribution in [2.24, 2.45) is 4.99 Å². The monoisotopic (exact) mass is 342 g/mol. The topological polar surface area (TPSA) is 78.8 Å². The lowest BCUT2D eigenvalue weighted by atomic mass is 10.0. The van der Waals surface area contributed by atoms with Crippen LogP contribution in [-0.4, -0.2) is 18.8 Å². The number of halogens is 1. The quantitative estimate of drug-likeness (QED) is 0.696. The van der Waals surface area contributed by atoms with Gasteiger partial charge in [-0.25, -0.2) is 9.38 Å². The maximum Gasteiger partial charge on any atom is 0.295 e. The summed E-state index contributed by atoms with van der Waals surface area (Å²) in [4.78, 5) is 4.33. The van der Waals surface area contributed by atoms with Gasteiger partial charge in [0, 0.05) is 22.0 Å². The molecule has 0 saturated heterocycles. The zero-order valence-corrected chi connectivity index (χ0v) is 13.0. The molecule has 0 aliphatic carbocycles. The van der Waals surface area contributed by atoms with Gasteiger partial charge in [0.2, 0.25) is 0 Å². The molecule has 0 atom stereocenters. The van der Waals surface area contributed by atoms with Gasteiger partial charge in [-0.3, -0.25) is 4.55 Å². The van der Waals surface area contributed by atoms with Crippen LogP contribution in [0.1, 0.15) is 5.56 Å². The highest BCUT2D eigenvalue weighted by Gasteiger charge is 2.21. The number of amidine groups is 1. The first-order valence-corrected chi connectivity index (χ1v) is 8.52. The fourth-order valence-electron chi connectivity index (χ4n) is 2.80. The molecular formula is C17H11FN2O3S. The lowest BCUT2D eigenvalue weighted by molar-refractivity contribution is 0.484. The fraction of sp³-hybridized carbons (Fsp3) is 0. The smallest absolute Gasteiger partial charge is 0.295 e. The zero-order chi connectivity index (χ0) is 16.9. The van der Waals surface area contributed by atoms with Crippen molar-refractivity contribution in [1.82, 2.24) is 0 Å². The number of nitrogens with zero attached hydrogens (tertiary/aromatic N) is 1. The molecule has 3 aromatic carbocycles. The van der Waals surface area contributed by atoms with Gasteiger partial charge in [-0.15, -0.1) is 0 Å². The molecule has 1 heterocycles.